The zero-order valence-corrected chi connectivity index (χ0v) is 15.2. The van der Waals surface area contributed by atoms with Gasteiger partial charge in [0, 0.05) is 25.2 Å². The highest BCUT2D eigenvalue weighted by atomic mass is 19.1. The first-order valence-corrected chi connectivity index (χ1v) is 9.01. The number of hydrogen-bond acceptors (Lipinski definition) is 4. The molecule has 144 valence electrons. The number of hydrogen-bond donors (Lipinski definition) is 3. The minimum Gasteiger partial charge on any atom is -0.506 e. The Balaban J connectivity index is 1.54. The summed E-state index contributed by atoms with van der Waals surface area (Å²) in [4.78, 5) is 18.1. The van der Waals surface area contributed by atoms with Gasteiger partial charge in [-0.3, -0.25) is 4.98 Å². The Bertz CT molecular complexity index is 789. The first-order valence-electron chi connectivity index (χ1n) is 9.01. The highest BCUT2D eigenvalue weighted by molar-refractivity contribution is 5.74. The summed E-state index contributed by atoms with van der Waals surface area (Å²) in [6, 6.07) is 9.20. The average Bonchev–Trinajstić information content (AvgIpc) is 2.67. The molecule has 1 aromatic carbocycles. The van der Waals surface area contributed by atoms with Crippen molar-refractivity contribution in [1.29, 1.82) is 0 Å². The van der Waals surface area contributed by atoms with Crippen molar-refractivity contribution in [2.45, 2.75) is 43.9 Å². The zero-order valence-electron chi connectivity index (χ0n) is 15.2. The Morgan fingerprint density at radius 1 is 1.30 bits per heavy atom. The Kier molecular flexibility index (Phi) is 5.60. The number of aliphatic hydroxyl groups is 1. The second-order valence-corrected chi connectivity index (χ2v) is 7.03. The third kappa shape index (κ3) is 4.36. The van der Waals surface area contributed by atoms with E-state index >= 15 is 0 Å². The Morgan fingerprint density at radius 3 is 2.63 bits per heavy atom. The van der Waals surface area contributed by atoms with Crippen LogP contribution >= 0.6 is 0 Å². The van der Waals surface area contributed by atoms with E-state index in [1.54, 1.807) is 36.2 Å². The third-order valence-electron chi connectivity index (χ3n) is 5.26. The molecular formula is C20H24FN3O3. The van der Waals surface area contributed by atoms with Gasteiger partial charge in [-0.2, -0.15) is 0 Å². The second-order valence-electron chi connectivity index (χ2n) is 7.03. The summed E-state index contributed by atoms with van der Waals surface area (Å²) >= 11 is 0. The molecule has 0 saturated heterocycles. The summed E-state index contributed by atoms with van der Waals surface area (Å²) in [6.45, 7) is 0.129. The lowest BCUT2D eigenvalue weighted by Crippen LogP contribution is -2.47. The van der Waals surface area contributed by atoms with Gasteiger partial charge in [0.15, 0.2) is 0 Å². The fourth-order valence-electron chi connectivity index (χ4n) is 3.49. The maximum atomic E-state index is 13.7. The maximum absolute atomic E-state index is 13.7. The number of nitrogens with one attached hydrogen (secondary N) is 1. The molecule has 1 fully saturated rings. The van der Waals surface area contributed by atoms with Crippen molar-refractivity contribution in [2.75, 3.05) is 7.05 Å². The molecular weight excluding hydrogens is 349 g/mol. The van der Waals surface area contributed by atoms with E-state index < -0.39 is 5.60 Å². The van der Waals surface area contributed by atoms with Gasteiger partial charge in [-0.05, 0) is 43.9 Å². The molecule has 3 rings (SSSR count). The van der Waals surface area contributed by atoms with Crippen molar-refractivity contribution in [2.24, 2.45) is 0 Å². The monoisotopic (exact) mass is 373 g/mol. The van der Waals surface area contributed by atoms with E-state index in [1.165, 1.54) is 18.3 Å². The standard InChI is InChI=1S/C20H24FN3O3/c1-24(19(26)23-12-14-4-2-3-5-17(14)21)15-8-10-20(27,11-9-15)18-7-6-16(25)13-22-18/h2-7,13,15,25,27H,8-12H2,1H3,(H,23,26)/t15-,20+. The molecule has 0 atom stereocenters. The minimum atomic E-state index is -1.05. The predicted octanol–water partition coefficient (Wildman–Crippen LogP) is 2.90. The van der Waals surface area contributed by atoms with Crippen LogP contribution in [0.2, 0.25) is 0 Å². The average molecular weight is 373 g/mol. The van der Waals surface area contributed by atoms with E-state index in [9.17, 15) is 19.4 Å². The number of urea groups is 1. The van der Waals surface area contributed by atoms with Crippen molar-refractivity contribution < 1.29 is 19.4 Å². The number of carbonyl (C=O) groups is 1. The van der Waals surface area contributed by atoms with Crippen LogP contribution in [0.4, 0.5) is 9.18 Å². The van der Waals surface area contributed by atoms with Crippen LogP contribution in [0, 0.1) is 5.82 Å². The molecule has 2 aromatic rings. The van der Waals surface area contributed by atoms with Gasteiger partial charge < -0.3 is 20.4 Å². The Labute approximate surface area is 157 Å². The van der Waals surface area contributed by atoms with Gasteiger partial charge in [-0.25, -0.2) is 9.18 Å². The SMILES string of the molecule is CN(C(=O)NCc1ccccc1F)[C@H]1CC[C@](O)(c2ccc(O)cn2)CC1. The number of nitrogens with zero attached hydrogens (tertiary/aromatic N) is 2. The van der Waals surface area contributed by atoms with E-state index in [1.807, 2.05) is 0 Å². The van der Waals surface area contributed by atoms with Crippen molar-refractivity contribution in [1.82, 2.24) is 15.2 Å². The molecule has 0 aliphatic heterocycles. The topological polar surface area (TPSA) is 85.7 Å². The molecule has 1 aliphatic carbocycles. The van der Waals surface area contributed by atoms with E-state index in [0.717, 1.165) is 0 Å². The normalized spacial score (nSPS) is 22.3. The summed E-state index contributed by atoms with van der Waals surface area (Å²) in [6.07, 6.45) is 3.52. The van der Waals surface area contributed by atoms with Gasteiger partial charge in [0.2, 0.25) is 0 Å². The molecule has 1 heterocycles. The van der Waals surface area contributed by atoms with E-state index in [2.05, 4.69) is 10.3 Å². The fraction of sp³-hybridized carbons (Fsp3) is 0.400. The third-order valence-corrected chi connectivity index (χ3v) is 5.26. The van der Waals surface area contributed by atoms with Crippen molar-refractivity contribution in [3.05, 3.63) is 59.7 Å². The molecule has 1 aromatic heterocycles. The number of aromatic nitrogens is 1. The van der Waals surface area contributed by atoms with Crippen LogP contribution in [0.15, 0.2) is 42.6 Å². The summed E-state index contributed by atoms with van der Waals surface area (Å²) in [5.74, 6) is -0.285. The molecule has 0 bridgehead atoms. The van der Waals surface area contributed by atoms with Gasteiger partial charge in [0.05, 0.1) is 11.9 Å². The van der Waals surface area contributed by atoms with Gasteiger partial charge in [0.25, 0.3) is 0 Å². The van der Waals surface area contributed by atoms with Crippen LogP contribution in [0.25, 0.3) is 0 Å². The van der Waals surface area contributed by atoms with Gasteiger partial charge in [0.1, 0.15) is 17.2 Å². The van der Waals surface area contributed by atoms with E-state index in [-0.39, 0.29) is 30.2 Å². The molecule has 0 unspecified atom stereocenters. The van der Waals surface area contributed by atoms with Crippen LogP contribution in [0.3, 0.4) is 0 Å². The van der Waals surface area contributed by atoms with Crippen LogP contribution in [-0.4, -0.2) is 39.2 Å². The summed E-state index contributed by atoms with van der Waals surface area (Å²) in [5.41, 5.74) is -0.0737. The first kappa shape index (κ1) is 19.1. The molecule has 1 aliphatic rings. The van der Waals surface area contributed by atoms with E-state index in [4.69, 9.17) is 0 Å². The largest absolute Gasteiger partial charge is 0.506 e. The molecule has 27 heavy (non-hydrogen) atoms. The molecule has 2 amide bonds. The number of amides is 2. The van der Waals surface area contributed by atoms with Crippen molar-refractivity contribution in [3.8, 4) is 5.75 Å². The number of rotatable bonds is 4. The van der Waals surface area contributed by atoms with Gasteiger partial charge >= 0.3 is 6.03 Å². The van der Waals surface area contributed by atoms with Crippen molar-refractivity contribution >= 4 is 6.03 Å². The first-order chi connectivity index (χ1) is 12.9. The highest BCUT2D eigenvalue weighted by Gasteiger charge is 2.37. The molecule has 6 nitrogen and oxygen atoms in total. The van der Waals surface area contributed by atoms with Crippen LogP contribution in [-0.2, 0) is 12.1 Å². The molecule has 1 saturated carbocycles. The number of halogens is 1. The summed E-state index contributed by atoms with van der Waals surface area (Å²) in [7, 11) is 1.71. The number of pyridine rings is 1. The van der Waals surface area contributed by atoms with Gasteiger partial charge in [-0.1, -0.05) is 18.2 Å². The number of benzene rings is 1. The van der Waals surface area contributed by atoms with Gasteiger partial charge in [-0.15, -0.1) is 0 Å². The molecule has 3 N–H and O–H groups in total. The molecule has 0 radical (unpaired) electrons. The number of carbonyl (C=O) groups excluding carboxylic acids is 1. The van der Waals surface area contributed by atoms with E-state index in [0.29, 0.717) is 36.9 Å². The van der Waals surface area contributed by atoms with Crippen LogP contribution in [0.1, 0.15) is 36.9 Å². The Morgan fingerprint density at radius 2 is 2.00 bits per heavy atom. The van der Waals surface area contributed by atoms with Crippen molar-refractivity contribution in [3.63, 3.8) is 0 Å². The highest BCUT2D eigenvalue weighted by Crippen LogP contribution is 2.37. The lowest BCUT2D eigenvalue weighted by molar-refractivity contribution is -0.0211. The molecule has 0 spiro atoms. The molecule has 7 heteroatoms. The lowest BCUT2D eigenvalue weighted by Gasteiger charge is -2.39. The zero-order chi connectivity index (χ0) is 19.4. The summed E-state index contributed by atoms with van der Waals surface area (Å²) < 4.78 is 13.7. The number of aromatic hydroxyl groups is 1. The quantitative estimate of drug-likeness (QED) is 0.769. The van der Waals surface area contributed by atoms with Crippen LogP contribution in [0.5, 0.6) is 5.75 Å². The maximum Gasteiger partial charge on any atom is 0.317 e. The minimum absolute atomic E-state index is 0.0111. The predicted molar refractivity (Wildman–Crippen MR) is 98.5 cm³/mol. The fourth-order valence-corrected chi connectivity index (χ4v) is 3.49. The van der Waals surface area contributed by atoms with Crippen LogP contribution < -0.4 is 5.32 Å². The Hall–Kier alpha value is -2.67. The smallest absolute Gasteiger partial charge is 0.317 e. The second kappa shape index (κ2) is 7.92. The summed E-state index contributed by atoms with van der Waals surface area (Å²) in [5, 5.41) is 22.9. The lowest BCUT2D eigenvalue weighted by atomic mass is 9.79.